The number of para-hydroxylation sites is 1. The zero-order valence-electron chi connectivity index (χ0n) is 12.0. The van der Waals surface area contributed by atoms with Crippen LogP contribution in [0.3, 0.4) is 0 Å². The summed E-state index contributed by atoms with van der Waals surface area (Å²) >= 11 is 0. The van der Waals surface area contributed by atoms with Crippen molar-refractivity contribution in [3.05, 3.63) is 47.5 Å². The Hall–Kier alpha value is -2.69. The SMILES string of the molecule is COc1cccc2c1OC(=O)C[C@H]2c1ccc2c(c1)OCO2. The first kappa shape index (κ1) is 13.0. The molecule has 2 aliphatic heterocycles. The zero-order valence-corrected chi connectivity index (χ0v) is 12.0. The molecule has 2 heterocycles. The lowest BCUT2D eigenvalue weighted by atomic mass is 9.86. The molecule has 5 nitrogen and oxygen atoms in total. The minimum absolute atomic E-state index is 0.0825. The van der Waals surface area contributed by atoms with Crippen LogP contribution in [0.25, 0.3) is 0 Å². The summed E-state index contributed by atoms with van der Waals surface area (Å²) in [5, 5.41) is 0. The standard InChI is InChI=1S/C17H14O5/c1-19-14-4-2-3-11-12(8-16(18)22-17(11)14)10-5-6-13-15(7-10)21-9-20-13/h2-7,12H,8-9H2,1H3/t12-/m0/s1. The van der Waals surface area contributed by atoms with Gasteiger partial charge in [0.05, 0.1) is 13.5 Å². The first-order valence-electron chi connectivity index (χ1n) is 7.03. The normalized spacial score (nSPS) is 18.6. The molecule has 5 heteroatoms. The summed E-state index contributed by atoms with van der Waals surface area (Å²) in [4.78, 5) is 12.0. The molecule has 2 aromatic carbocycles. The van der Waals surface area contributed by atoms with Gasteiger partial charge in [-0.2, -0.15) is 0 Å². The predicted molar refractivity (Wildman–Crippen MR) is 77.7 cm³/mol. The molecule has 0 saturated carbocycles. The molecule has 0 radical (unpaired) electrons. The lowest BCUT2D eigenvalue weighted by molar-refractivity contribution is -0.135. The number of carbonyl (C=O) groups excluding carboxylic acids is 1. The zero-order chi connectivity index (χ0) is 15.1. The molecule has 0 unspecified atom stereocenters. The number of ether oxygens (including phenoxy) is 4. The van der Waals surface area contributed by atoms with Crippen LogP contribution in [0.15, 0.2) is 36.4 Å². The van der Waals surface area contributed by atoms with Crippen molar-refractivity contribution in [1.82, 2.24) is 0 Å². The molecule has 1 atom stereocenters. The molecule has 22 heavy (non-hydrogen) atoms. The fourth-order valence-electron chi connectivity index (χ4n) is 2.94. The van der Waals surface area contributed by atoms with Crippen molar-refractivity contribution in [3.8, 4) is 23.0 Å². The summed E-state index contributed by atoms with van der Waals surface area (Å²) < 4.78 is 21.4. The highest BCUT2D eigenvalue weighted by molar-refractivity contribution is 5.79. The van der Waals surface area contributed by atoms with Gasteiger partial charge in [0.25, 0.3) is 0 Å². The lowest BCUT2D eigenvalue weighted by Crippen LogP contribution is -2.21. The molecular formula is C17H14O5. The smallest absolute Gasteiger partial charge is 0.312 e. The second kappa shape index (κ2) is 4.94. The van der Waals surface area contributed by atoms with Gasteiger partial charge in [0, 0.05) is 11.5 Å². The number of hydrogen-bond donors (Lipinski definition) is 0. The number of benzene rings is 2. The van der Waals surface area contributed by atoms with Gasteiger partial charge < -0.3 is 18.9 Å². The van der Waals surface area contributed by atoms with Crippen LogP contribution in [0.2, 0.25) is 0 Å². The monoisotopic (exact) mass is 298 g/mol. The Morgan fingerprint density at radius 1 is 1.14 bits per heavy atom. The highest BCUT2D eigenvalue weighted by Gasteiger charge is 2.31. The third-order valence-electron chi connectivity index (χ3n) is 3.99. The number of esters is 1. The maximum absolute atomic E-state index is 12.0. The number of hydrogen-bond acceptors (Lipinski definition) is 5. The fraction of sp³-hybridized carbons (Fsp3) is 0.235. The first-order valence-corrected chi connectivity index (χ1v) is 7.03. The van der Waals surface area contributed by atoms with E-state index in [4.69, 9.17) is 18.9 Å². The highest BCUT2D eigenvalue weighted by atomic mass is 16.7. The van der Waals surface area contributed by atoms with Crippen LogP contribution in [0, 0.1) is 0 Å². The van der Waals surface area contributed by atoms with Crippen molar-refractivity contribution in [2.45, 2.75) is 12.3 Å². The average Bonchev–Trinajstić information content (AvgIpc) is 3.01. The number of fused-ring (bicyclic) bond motifs is 2. The topological polar surface area (TPSA) is 54.0 Å². The Morgan fingerprint density at radius 2 is 2.00 bits per heavy atom. The molecule has 0 bridgehead atoms. The van der Waals surface area contributed by atoms with Gasteiger partial charge in [0.15, 0.2) is 23.0 Å². The minimum atomic E-state index is -0.264. The molecule has 4 rings (SSSR count). The Balaban J connectivity index is 1.82. The van der Waals surface area contributed by atoms with E-state index in [1.807, 2.05) is 30.3 Å². The van der Waals surface area contributed by atoms with Crippen LogP contribution in [0.1, 0.15) is 23.5 Å². The fourth-order valence-corrected chi connectivity index (χ4v) is 2.94. The number of methoxy groups -OCH3 is 1. The molecule has 0 saturated heterocycles. The third kappa shape index (κ3) is 1.97. The Bertz CT molecular complexity index is 753. The Labute approximate surface area is 127 Å². The molecule has 2 aromatic rings. The van der Waals surface area contributed by atoms with Gasteiger partial charge >= 0.3 is 5.97 Å². The second-order valence-electron chi connectivity index (χ2n) is 5.22. The van der Waals surface area contributed by atoms with Crippen LogP contribution in [-0.4, -0.2) is 19.9 Å². The van der Waals surface area contributed by atoms with Crippen LogP contribution < -0.4 is 18.9 Å². The summed E-state index contributed by atoms with van der Waals surface area (Å²) in [5.74, 6) is 2.16. The maximum atomic E-state index is 12.0. The van der Waals surface area contributed by atoms with E-state index < -0.39 is 0 Å². The van der Waals surface area contributed by atoms with E-state index in [-0.39, 0.29) is 18.7 Å². The third-order valence-corrected chi connectivity index (χ3v) is 3.99. The van der Waals surface area contributed by atoms with Gasteiger partial charge in [-0.15, -0.1) is 0 Å². The van der Waals surface area contributed by atoms with Gasteiger partial charge in [0.1, 0.15) is 0 Å². The summed E-state index contributed by atoms with van der Waals surface area (Å²) in [7, 11) is 1.56. The van der Waals surface area contributed by atoms with Crippen molar-refractivity contribution in [3.63, 3.8) is 0 Å². The summed E-state index contributed by atoms with van der Waals surface area (Å²) in [6.45, 7) is 0.232. The second-order valence-corrected chi connectivity index (χ2v) is 5.22. The molecule has 112 valence electrons. The van der Waals surface area contributed by atoms with Gasteiger partial charge in [0.2, 0.25) is 6.79 Å². The lowest BCUT2D eigenvalue weighted by Gasteiger charge is -2.26. The van der Waals surface area contributed by atoms with E-state index in [2.05, 4.69) is 0 Å². The summed E-state index contributed by atoms with van der Waals surface area (Å²) in [5.41, 5.74) is 1.94. The molecule has 0 fully saturated rings. The van der Waals surface area contributed by atoms with Crippen molar-refractivity contribution in [2.75, 3.05) is 13.9 Å². The molecular weight excluding hydrogens is 284 g/mol. The molecule has 0 N–H and O–H groups in total. The molecule has 2 aliphatic rings. The predicted octanol–water partition coefficient (Wildman–Crippen LogP) is 2.86. The van der Waals surface area contributed by atoms with Gasteiger partial charge in [-0.3, -0.25) is 4.79 Å². The van der Waals surface area contributed by atoms with E-state index >= 15 is 0 Å². The summed E-state index contributed by atoms with van der Waals surface area (Å²) in [6.07, 6.45) is 0.291. The van der Waals surface area contributed by atoms with Gasteiger partial charge in [-0.25, -0.2) is 0 Å². The van der Waals surface area contributed by atoms with Gasteiger partial charge in [-0.05, 0) is 23.8 Å². The number of rotatable bonds is 2. The highest BCUT2D eigenvalue weighted by Crippen LogP contribution is 2.45. The molecule has 0 aliphatic carbocycles. The van der Waals surface area contributed by atoms with Crippen molar-refractivity contribution in [1.29, 1.82) is 0 Å². The van der Waals surface area contributed by atoms with Crippen LogP contribution in [-0.2, 0) is 4.79 Å². The first-order chi connectivity index (χ1) is 10.8. The molecule has 0 spiro atoms. The quantitative estimate of drug-likeness (QED) is 0.630. The van der Waals surface area contributed by atoms with Crippen molar-refractivity contribution in [2.24, 2.45) is 0 Å². The van der Waals surface area contributed by atoms with Crippen LogP contribution in [0.4, 0.5) is 0 Å². The Morgan fingerprint density at radius 3 is 2.86 bits per heavy atom. The molecule has 0 amide bonds. The Kier molecular flexibility index (Phi) is 2.92. The average molecular weight is 298 g/mol. The van der Waals surface area contributed by atoms with Crippen molar-refractivity contribution >= 4 is 5.97 Å². The maximum Gasteiger partial charge on any atom is 0.312 e. The minimum Gasteiger partial charge on any atom is -0.493 e. The van der Waals surface area contributed by atoms with Gasteiger partial charge in [-0.1, -0.05) is 18.2 Å². The van der Waals surface area contributed by atoms with Crippen molar-refractivity contribution < 1.29 is 23.7 Å². The van der Waals surface area contributed by atoms with Crippen LogP contribution >= 0.6 is 0 Å². The van der Waals surface area contributed by atoms with E-state index in [1.54, 1.807) is 13.2 Å². The van der Waals surface area contributed by atoms with Crippen LogP contribution in [0.5, 0.6) is 23.0 Å². The van der Waals surface area contributed by atoms with E-state index in [0.717, 1.165) is 16.9 Å². The molecule has 0 aromatic heterocycles. The summed E-state index contributed by atoms with van der Waals surface area (Å²) in [6, 6.07) is 11.4. The van der Waals surface area contributed by atoms with E-state index in [9.17, 15) is 4.79 Å². The number of carbonyl (C=O) groups is 1. The van der Waals surface area contributed by atoms with E-state index in [1.165, 1.54) is 0 Å². The largest absolute Gasteiger partial charge is 0.493 e. The van der Waals surface area contributed by atoms with E-state index in [0.29, 0.717) is 23.7 Å².